The Morgan fingerprint density at radius 1 is 0.913 bits per heavy atom. The van der Waals surface area contributed by atoms with Crippen molar-refractivity contribution in [3.63, 3.8) is 0 Å². The number of nitrogens with zero attached hydrogens (tertiary/aromatic N) is 1. The molecule has 0 aromatic heterocycles. The van der Waals surface area contributed by atoms with Gasteiger partial charge in [-0.15, -0.1) is 0 Å². The van der Waals surface area contributed by atoms with Gasteiger partial charge < -0.3 is 10.0 Å². The van der Waals surface area contributed by atoms with Crippen molar-refractivity contribution in [2.75, 3.05) is 13.6 Å². The van der Waals surface area contributed by atoms with E-state index in [1.54, 1.807) is 6.07 Å². The smallest absolute Gasteiger partial charge is 0.118 e. The number of likely N-dealkylation sites (N-methyl/N-ethyl adjacent to an activating group) is 1. The fraction of sp³-hybridized carbons (Fsp3) is 0.429. The van der Waals surface area contributed by atoms with Crippen LogP contribution in [0, 0.1) is 0 Å². The molecule has 0 radical (unpaired) electrons. The molecule has 1 saturated carbocycles. The lowest BCUT2D eigenvalue weighted by atomic mass is 9.81. The first kappa shape index (κ1) is 16.1. The zero-order valence-electron chi connectivity index (χ0n) is 14.0. The maximum Gasteiger partial charge on any atom is 0.118 e. The van der Waals surface area contributed by atoms with Gasteiger partial charge in [0.1, 0.15) is 5.75 Å². The van der Waals surface area contributed by atoms with E-state index in [1.807, 2.05) is 18.2 Å². The lowest BCUT2D eigenvalue weighted by Crippen LogP contribution is -2.36. The van der Waals surface area contributed by atoms with Crippen LogP contribution in [0.25, 0.3) is 0 Å². The van der Waals surface area contributed by atoms with Crippen LogP contribution < -0.4 is 0 Å². The number of aromatic hydroxyl groups is 1. The molecular weight excluding hydrogens is 282 g/mol. The minimum Gasteiger partial charge on any atom is -0.508 e. The van der Waals surface area contributed by atoms with Crippen molar-refractivity contribution < 1.29 is 5.11 Å². The lowest BCUT2D eigenvalue weighted by molar-refractivity contribution is 0.184. The van der Waals surface area contributed by atoms with Crippen LogP contribution >= 0.6 is 0 Å². The Morgan fingerprint density at radius 2 is 1.57 bits per heavy atom. The van der Waals surface area contributed by atoms with Crippen molar-refractivity contribution in [1.29, 1.82) is 0 Å². The molecule has 122 valence electrons. The third-order valence-electron chi connectivity index (χ3n) is 5.32. The summed E-state index contributed by atoms with van der Waals surface area (Å²) in [6, 6.07) is 19.3. The van der Waals surface area contributed by atoms with Gasteiger partial charge in [0.25, 0.3) is 0 Å². The molecule has 0 bridgehead atoms. The van der Waals surface area contributed by atoms with Crippen LogP contribution in [0.3, 0.4) is 0 Å². The van der Waals surface area contributed by atoms with Gasteiger partial charge in [0.2, 0.25) is 0 Å². The summed E-state index contributed by atoms with van der Waals surface area (Å²) < 4.78 is 0. The summed E-state index contributed by atoms with van der Waals surface area (Å²) in [5.74, 6) is 1.16. The van der Waals surface area contributed by atoms with E-state index < -0.39 is 0 Å². The first-order chi connectivity index (χ1) is 11.2. The summed E-state index contributed by atoms with van der Waals surface area (Å²) in [4.78, 5) is 2.48. The number of rotatable bonds is 5. The lowest BCUT2D eigenvalue weighted by Gasteiger charge is -2.35. The molecule has 0 amide bonds. The molecule has 1 fully saturated rings. The Hall–Kier alpha value is -1.80. The highest BCUT2D eigenvalue weighted by Crippen LogP contribution is 2.34. The second-order valence-corrected chi connectivity index (χ2v) is 6.78. The van der Waals surface area contributed by atoms with Crippen LogP contribution in [-0.4, -0.2) is 29.6 Å². The van der Waals surface area contributed by atoms with E-state index in [2.05, 4.69) is 42.3 Å². The molecule has 2 aromatic carbocycles. The zero-order valence-corrected chi connectivity index (χ0v) is 14.0. The van der Waals surface area contributed by atoms with Crippen LogP contribution in [0.5, 0.6) is 5.75 Å². The van der Waals surface area contributed by atoms with Gasteiger partial charge in [-0.1, -0.05) is 48.5 Å². The Morgan fingerprint density at radius 3 is 2.26 bits per heavy atom. The monoisotopic (exact) mass is 309 g/mol. The van der Waals surface area contributed by atoms with Gasteiger partial charge in [0.15, 0.2) is 0 Å². The molecule has 0 spiro atoms. The SMILES string of the molecule is CN(CCc1ccccc1O)C1CCC(c2ccccc2)CC1. The van der Waals surface area contributed by atoms with Crippen LogP contribution in [0.15, 0.2) is 54.6 Å². The normalized spacial score (nSPS) is 21.5. The van der Waals surface area contributed by atoms with Crippen LogP contribution in [0.1, 0.15) is 42.7 Å². The minimum absolute atomic E-state index is 0.425. The molecule has 2 heteroatoms. The number of para-hydroxylation sites is 1. The highest BCUT2D eigenvalue weighted by molar-refractivity contribution is 5.31. The number of phenols is 1. The maximum atomic E-state index is 9.88. The Bertz CT molecular complexity index is 602. The molecule has 3 rings (SSSR count). The van der Waals surface area contributed by atoms with Crippen molar-refractivity contribution in [3.05, 3.63) is 65.7 Å². The number of hydrogen-bond donors (Lipinski definition) is 1. The van der Waals surface area contributed by atoms with E-state index in [9.17, 15) is 5.11 Å². The second kappa shape index (κ2) is 7.65. The number of benzene rings is 2. The first-order valence-electron chi connectivity index (χ1n) is 8.76. The van der Waals surface area contributed by atoms with Gasteiger partial charge in [-0.25, -0.2) is 0 Å². The molecule has 1 aliphatic carbocycles. The van der Waals surface area contributed by atoms with Crippen LogP contribution in [-0.2, 0) is 6.42 Å². The average Bonchev–Trinajstić information content (AvgIpc) is 2.62. The quantitative estimate of drug-likeness (QED) is 0.873. The molecule has 1 aliphatic rings. The molecule has 2 nitrogen and oxygen atoms in total. The van der Waals surface area contributed by atoms with Crippen molar-refractivity contribution in [1.82, 2.24) is 4.90 Å². The van der Waals surface area contributed by atoms with Crippen molar-refractivity contribution in [2.45, 2.75) is 44.1 Å². The molecule has 0 aliphatic heterocycles. The van der Waals surface area contributed by atoms with Gasteiger partial charge in [-0.05, 0) is 62.3 Å². The second-order valence-electron chi connectivity index (χ2n) is 6.78. The largest absolute Gasteiger partial charge is 0.508 e. The standard InChI is InChI=1S/C21H27NO/c1-22(16-15-19-9-5-6-10-21(19)23)20-13-11-18(12-14-20)17-7-3-2-4-8-17/h2-10,18,20,23H,11-16H2,1H3. The fourth-order valence-corrected chi connectivity index (χ4v) is 3.78. The topological polar surface area (TPSA) is 23.5 Å². The molecule has 1 N–H and O–H groups in total. The summed E-state index contributed by atoms with van der Waals surface area (Å²) in [6.45, 7) is 1.01. The molecule has 0 atom stereocenters. The highest BCUT2D eigenvalue weighted by atomic mass is 16.3. The van der Waals surface area contributed by atoms with E-state index >= 15 is 0 Å². The first-order valence-corrected chi connectivity index (χ1v) is 8.76. The van der Waals surface area contributed by atoms with Crippen LogP contribution in [0.2, 0.25) is 0 Å². The summed E-state index contributed by atoms with van der Waals surface area (Å²) in [5.41, 5.74) is 2.56. The third-order valence-corrected chi connectivity index (χ3v) is 5.32. The van der Waals surface area contributed by atoms with Crippen molar-refractivity contribution in [2.24, 2.45) is 0 Å². The summed E-state index contributed by atoms with van der Waals surface area (Å²) in [6.07, 6.45) is 6.04. The molecule has 2 aromatic rings. The van der Waals surface area contributed by atoms with Gasteiger partial charge >= 0.3 is 0 Å². The Kier molecular flexibility index (Phi) is 5.35. The van der Waals surface area contributed by atoms with E-state index in [4.69, 9.17) is 0 Å². The highest BCUT2D eigenvalue weighted by Gasteiger charge is 2.24. The van der Waals surface area contributed by atoms with E-state index in [1.165, 1.54) is 31.2 Å². The summed E-state index contributed by atoms with van der Waals surface area (Å²) >= 11 is 0. The molecule has 0 saturated heterocycles. The van der Waals surface area contributed by atoms with Crippen LogP contribution in [0.4, 0.5) is 0 Å². The van der Waals surface area contributed by atoms with Gasteiger partial charge in [-0.2, -0.15) is 0 Å². The molecule has 0 heterocycles. The molecule has 23 heavy (non-hydrogen) atoms. The van der Waals surface area contributed by atoms with Gasteiger partial charge in [-0.3, -0.25) is 0 Å². The molecular formula is C21H27NO. The number of phenolic OH excluding ortho intramolecular Hbond substituents is 1. The van der Waals surface area contributed by atoms with E-state index in [0.29, 0.717) is 11.8 Å². The predicted octanol–water partition coefficient (Wildman–Crippen LogP) is 4.59. The summed E-state index contributed by atoms with van der Waals surface area (Å²) in [5, 5.41) is 9.88. The Balaban J connectivity index is 1.48. The third kappa shape index (κ3) is 4.14. The van der Waals surface area contributed by atoms with E-state index in [0.717, 1.165) is 24.4 Å². The summed E-state index contributed by atoms with van der Waals surface area (Å²) in [7, 11) is 2.23. The zero-order chi connectivity index (χ0) is 16.1. The number of hydrogen-bond acceptors (Lipinski definition) is 2. The molecule has 0 unspecified atom stereocenters. The maximum absolute atomic E-state index is 9.88. The van der Waals surface area contributed by atoms with Gasteiger partial charge in [0.05, 0.1) is 0 Å². The van der Waals surface area contributed by atoms with Crippen molar-refractivity contribution in [3.8, 4) is 5.75 Å². The van der Waals surface area contributed by atoms with Crippen molar-refractivity contribution >= 4 is 0 Å². The van der Waals surface area contributed by atoms with Gasteiger partial charge in [0, 0.05) is 12.6 Å². The Labute approximate surface area is 139 Å². The fourth-order valence-electron chi connectivity index (χ4n) is 3.78. The van der Waals surface area contributed by atoms with E-state index in [-0.39, 0.29) is 0 Å². The average molecular weight is 309 g/mol. The minimum atomic E-state index is 0.425. The predicted molar refractivity (Wildman–Crippen MR) is 95.9 cm³/mol.